The Bertz CT molecular complexity index is 3540. The van der Waals surface area contributed by atoms with Crippen LogP contribution >= 0.6 is 0 Å². The van der Waals surface area contributed by atoms with Gasteiger partial charge in [0.15, 0.2) is 56.6 Å². The standard InChI is InChI=1S/C24H44O16.C18H32N2O10.C14H28N2O8.C14H26O10.C12H20O10/c1-8(2)34-19-10(5-25)37-23(17(32)13(19)28)40-21-12(7-27)38-24(18(33)15(21)30)39-20-11(6-26)36-22(35-9(3)4)16(31)14(20)29;1-7-12(19-8(2)23)14(25)17(11(6-22)28-7)30-18-13(20-9(3)24)15(26)16(27-4)10(5-21)29-18;1-5-8(15)10(19)13(7(4-18)22-5)24-14-9(16)11(20)12(21-2)6(3-17)23-14;1-5-6(3-15)22-14(10(19)8(5)17)24-12-7(4-16)23-13(21-2)11(20)9(12)18;13-1-3-5(14)6(15)7(16)12(21-3)22-9-4-2-19-10(9)8(17)11(18)20-4/h8-33H,5-7H2,1-4H3;7,10-18,21-22,25-26H,5-6H2,1-4H3,(H,19,23)(H,20,24);5-14,17-20H,3-4,15-16H2,1-2H3;5-20H,3-4H2,1-2H3;3-18H,1-2H2/t10?,11?,12?,13-,14-,15-,16?,17?,18?,19-,20-,21-,22+,23-,24-;7-,10?,11?,12?,13?,14?,15+,16+,17+,18-;5-,6?,7?,8?,9?,10?,11+,12+,13+,14-;5-,6?,7+,8+,9?,10?,11?,12-,13-,14+;3?,4?,5-,6-,7?,8?,9+,10?,11+,12-/m10010/s1. The molecule has 58 heteroatoms. The molecule has 140 heavy (non-hydrogen) atoms. The lowest BCUT2D eigenvalue weighted by atomic mass is 9.91. The second-order valence-electron chi connectivity index (χ2n) is 36.2. The monoisotopic (exact) mass is 2050 g/mol. The van der Waals surface area contributed by atoms with Crippen LogP contribution in [0.5, 0.6) is 0 Å². The van der Waals surface area contributed by atoms with Crippen molar-refractivity contribution in [2.45, 2.75) is 406 Å². The lowest BCUT2D eigenvalue weighted by Crippen LogP contribution is -2.69. The van der Waals surface area contributed by atoms with Gasteiger partial charge in [0.2, 0.25) is 11.8 Å². The third kappa shape index (κ3) is 29.1. The Morgan fingerprint density at radius 2 is 0.607 bits per heavy atom. The van der Waals surface area contributed by atoms with Gasteiger partial charge in [-0.2, -0.15) is 0 Å². The molecule has 2 amide bonds. The van der Waals surface area contributed by atoms with Crippen molar-refractivity contribution in [2.75, 3.05) is 94.0 Å². The van der Waals surface area contributed by atoms with Crippen molar-refractivity contribution in [1.82, 2.24) is 10.6 Å². The number of rotatable bonds is 31. The highest BCUT2D eigenvalue weighted by atomic mass is 16.8. The first-order valence-electron chi connectivity index (χ1n) is 45.8. The molecule has 0 aliphatic carbocycles. The molecule has 2 bridgehead atoms. The number of hydrogen-bond acceptors (Lipinski definition) is 56. The first-order valence-corrected chi connectivity index (χ1v) is 45.8. The quantitative estimate of drug-likeness (QED) is 0.0306. The average molecular weight is 2060 g/mol. The molecule has 58 nitrogen and oxygen atoms in total. The van der Waals surface area contributed by atoms with Gasteiger partial charge in [0.25, 0.3) is 0 Å². The van der Waals surface area contributed by atoms with Crippen LogP contribution in [0.1, 0.15) is 62.3 Å². The molecule has 0 aromatic rings. The Balaban J connectivity index is 0.000000218. The van der Waals surface area contributed by atoms with Gasteiger partial charge in [0.05, 0.1) is 127 Å². The predicted molar refractivity (Wildman–Crippen MR) is 452 cm³/mol. The molecule has 12 fully saturated rings. The molecule has 0 radical (unpaired) electrons. The molecular formula is C82H150N4O54. The van der Waals surface area contributed by atoms with Gasteiger partial charge >= 0.3 is 0 Å². The predicted octanol–water partition coefficient (Wildman–Crippen LogP) is -19.7. The van der Waals surface area contributed by atoms with Gasteiger partial charge in [-0.1, -0.05) is 6.92 Å². The molecule has 35 N–H and O–H groups in total. The number of aliphatic hydroxyl groups is 29. The zero-order chi connectivity index (χ0) is 105. The maximum absolute atomic E-state index is 11.7. The van der Waals surface area contributed by atoms with Crippen molar-refractivity contribution in [3.05, 3.63) is 0 Å². The van der Waals surface area contributed by atoms with E-state index in [0.29, 0.717) is 0 Å². The molecule has 822 valence electrons. The van der Waals surface area contributed by atoms with E-state index in [-0.39, 0.29) is 24.7 Å². The summed E-state index contributed by atoms with van der Waals surface area (Å²) in [4.78, 5) is 23.2. The zero-order valence-electron chi connectivity index (χ0n) is 79.0. The summed E-state index contributed by atoms with van der Waals surface area (Å²) in [6.45, 7) is 8.93. The van der Waals surface area contributed by atoms with Crippen molar-refractivity contribution >= 4 is 11.8 Å². The zero-order valence-corrected chi connectivity index (χ0v) is 79.0. The van der Waals surface area contributed by atoms with Crippen LogP contribution in [0, 0.1) is 5.92 Å². The highest BCUT2D eigenvalue weighted by molar-refractivity contribution is 5.73. The Labute approximate surface area is 803 Å². The van der Waals surface area contributed by atoms with Gasteiger partial charge in [0.1, 0.15) is 232 Å². The lowest BCUT2D eigenvalue weighted by Gasteiger charge is -2.48. The van der Waals surface area contributed by atoms with Crippen LogP contribution in [0.2, 0.25) is 0 Å². The van der Waals surface area contributed by atoms with Gasteiger partial charge in [-0.25, -0.2) is 0 Å². The normalized spacial score (nSPS) is 48.2. The fourth-order valence-corrected chi connectivity index (χ4v) is 17.8. The summed E-state index contributed by atoms with van der Waals surface area (Å²) in [5.74, 6) is -1.40. The van der Waals surface area contributed by atoms with Gasteiger partial charge in [-0.05, 0) is 41.5 Å². The van der Waals surface area contributed by atoms with E-state index in [0.717, 1.165) is 0 Å². The first kappa shape index (κ1) is 122. The van der Waals surface area contributed by atoms with Crippen molar-refractivity contribution in [3.8, 4) is 0 Å². The van der Waals surface area contributed by atoms with Crippen LogP contribution in [0.25, 0.3) is 0 Å². The smallest absolute Gasteiger partial charge is 0.217 e. The van der Waals surface area contributed by atoms with Gasteiger partial charge < -0.3 is 279 Å². The Morgan fingerprint density at radius 1 is 0.293 bits per heavy atom. The maximum Gasteiger partial charge on any atom is 0.217 e. The Hall–Kier alpha value is -3.22. The van der Waals surface area contributed by atoms with E-state index < -0.39 is 409 Å². The third-order valence-corrected chi connectivity index (χ3v) is 25.7. The van der Waals surface area contributed by atoms with Crippen LogP contribution in [-0.2, 0) is 119 Å². The van der Waals surface area contributed by atoms with Gasteiger partial charge in [0, 0.05) is 41.1 Å². The summed E-state index contributed by atoms with van der Waals surface area (Å²) in [6, 6.07) is -3.63. The van der Waals surface area contributed by atoms with Crippen LogP contribution in [-0.4, -0.2) is 597 Å². The number of carbonyl (C=O) groups excluding carboxylic acids is 2. The molecule has 0 saturated carbocycles. The second-order valence-corrected chi connectivity index (χ2v) is 36.2. The van der Waals surface area contributed by atoms with Crippen LogP contribution < -0.4 is 22.1 Å². The molecule has 0 aromatic carbocycles. The summed E-state index contributed by atoms with van der Waals surface area (Å²) in [6.07, 6.45) is -62.5. The number of carbonyl (C=O) groups is 2. The second kappa shape index (κ2) is 56.0. The van der Waals surface area contributed by atoms with E-state index in [2.05, 4.69) is 10.6 Å². The molecule has 12 aliphatic rings. The topological polar surface area (TPSA) is 909 Å². The van der Waals surface area contributed by atoms with E-state index in [4.69, 9.17) is 126 Å². The molecule has 0 aromatic heterocycles. The summed E-state index contributed by atoms with van der Waals surface area (Å²) in [5.41, 5.74) is 11.8. The Kier molecular flexibility index (Phi) is 48.8. The fraction of sp³-hybridized carbons (Fsp3) is 0.976. The van der Waals surface area contributed by atoms with Crippen LogP contribution in [0.4, 0.5) is 0 Å². The number of nitrogens with one attached hydrogen (secondary N) is 2. The molecule has 12 rings (SSSR count). The van der Waals surface area contributed by atoms with Crippen molar-refractivity contribution in [2.24, 2.45) is 17.4 Å². The number of hydrogen-bond donors (Lipinski definition) is 33. The fourth-order valence-electron chi connectivity index (χ4n) is 17.8. The summed E-state index contributed by atoms with van der Waals surface area (Å²) < 4.78 is 125. The van der Waals surface area contributed by atoms with Crippen LogP contribution in [0.3, 0.4) is 0 Å². The molecule has 25 unspecified atom stereocenters. The number of fused-ring (bicyclic) bond motifs is 2. The Morgan fingerprint density at radius 3 is 1.06 bits per heavy atom. The molecule has 0 spiro atoms. The molecule has 12 heterocycles. The number of nitrogens with two attached hydrogens (primary N) is 2. The minimum Gasteiger partial charge on any atom is -0.394 e. The average Bonchev–Trinajstić information content (AvgIpc) is 1.73. The van der Waals surface area contributed by atoms with Crippen molar-refractivity contribution in [3.63, 3.8) is 0 Å². The van der Waals surface area contributed by atoms with E-state index >= 15 is 0 Å². The molecule has 55 atom stereocenters. The first-order chi connectivity index (χ1) is 66.1. The van der Waals surface area contributed by atoms with Crippen LogP contribution in [0.15, 0.2) is 0 Å². The minimum atomic E-state index is -1.86. The minimum absolute atomic E-state index is 0.0842. The maximum atomic E-state index is 11.7. The molecular weight excluding hydrogens is 1900 g/mol. The van der Waals surface area contributed by atoms with Gasteiger partial charge in [-0.3, -0.25) is 9.59 Å². The summed E-state index contributed by atoms with van der Waals surface area (Å²) >= 11 is 0. The van der Waals surface area contributed by atoms with Crippen molar-refractivity contribution in [1.29, 1.82) is 0 Å². The van der Waals surface area contributed by atoms with E-state index in [1.54, 1.807) is 48.5 Å². The molecule has 12 aliphatic heterocycles. The summed E-state index contributed by atoms with van der Waals surface area (Å²) in [5, 5.41) is 296. The lowest BCUT2D eigenvalue weighted by molar-refractivity contribution is -0.381. The van der Waals surface area contributed by atoms with E-state index in [1.807, 2.05) is 0 Å². The van der Waals surface area contributed by atoms with Gasteiger partial charge in [-0.15, -0.1) is 0 Å². The van der Waals surface area contributed by atoms with E-state index in [1.165, 1.54) is 35.2 Å². The third-order valence-electron chi connectivity index (χ3n) is 25.7. The van der Waals surface area contributed by atoms with Crippen molar-refractivity contribution < 1.29 is 267 Å². The highest BCUT2D eigenvalue weighted by Gasteiger charge is 2.60. The SMILES string of the molecule is CC(C)O[C@H]1OC(CO)[C@@H](O[C@H]2OC(CO)[C@@H](O[C@H]3OC(CO)[C@@H](OC(C)C)[C@H](O)C3O)[C@H](O)C2O)[C@H](O)C1O.CO[C@@H]1C(CO)O[C@@H](O[C@@H]2C(CO)O[C@@H](C)C(N)C2O)C(N)[C@H]1O.CO[C@@H]1C(CO)O[C@@H](O[C@@H]2C(CO)O[C@@H](C)C(NC(C)=O)C2O)C(NC(C)=O)[C@H]1O.CO[C@@H]1O[C@@H](CO)[C@@H](O[C@@H]2OC(CO)[C@@H](C)[C@H](O)C2O)C(O)C1O.OCC1O[C@@H](O[C@@H]2C3COC2C(O)[C@H](O)O3)C(O)[C@@H](O)[C@H]1O. The van der Waals surface area contributed by atoms with E-state index in [9.17, 15) is 153 Å². The number of ether oxygens (including phenoxy) is 23. The number of amides is 2. The number of aliphatic hydroxyl groups excluding tert-OH is 29. The number of methoxy groups -OCH3 is 3. The largest absolute Gasteiger partial charge is 0.394 e. The highest BCUT2D eigenvalue weighted by Crippen LogP contribution is 2.40. The summed E-state index contributed by atoms with van der Waals surface area (Å²) in [7, 11) is 3.97. The molecule has 12 saturated heterocycles.